The van der Waals surface area contributed by atoms with E-state index in [4.69, 9.17) is 4.74 Å². The number of benzene rings is 1. The SMILES string of the molecule is CCC(C)Nc1ccnc(Nc2ccc(OC(C)C)cc2)n1. The van der Waals surface area contributed by atoms with E-state index in [0.29, 0.717) is 12.0 Å². The van der Waals surface area contributed by atoms with Crippen molar-refractivity contribution in [3.63, 3.8) is 0 Å². The Kier molecular flexibility index (Phi) is 5.58. The highest BCUT2D eigenvalue weighted by molar-refractivity contribution is 5.55. The number of hydrogen-bond acceptors (Lipinski definition) is 5. The molecule has 1 aromatic heterocycles. The molecule has 0 amide bonds. The smallest absolute Gasteiger partial charge is 0.229 e. The average molecular weight is 300 g/mol. The molecule has 5 nitrogen and oxygen atoms in total. The van der Waals surface area contributed by atoms with Gasteiger partial charge in [-0.3, -0.25) is 0 Å². The van der Waals surface area contributed by atoms with E-state index in [1.807, 2.05) is 44.2 Å². The largest absolute Gasteiger partial charge is 0.491 e. The Hall–Kier alpha value is -2.30. The second-order valence-corrected chi connectivity index (χ2v) is 5.54. The van der Waals surface area contributed by atoms with Gasteiger partial charge in [-0.2, -0.15) is 4.98 Å². The molecule has 2 N–H and O–H groups in total. The van der Waals surface area contributed by atoms with Crippen LogP contribution in [0.5, 0.6) is 5.75 Å². The van der Waals surface area contributed by atoms with Crippen LogP contribution in [0.2, 0.25) is 0 Å². The van der Waals surface area contributed by atoms with Crippen LogP contribution in [0.3, 0.4) is 0 Å². The number of nitrogens with one attached hydrogen (secondary N) is 2. The van der Waals surface area contributed by atoms with Crippen LogP contribution in [0.4, 0.5) is 17.5 Å². The molecule has 0 radical (unpaired) electrons. The first-order valence-electron chi connectivity index (χ1n) is 7.70. The van der Waals surface area contributed by atoms with Crippen molar-refractivity contribution in [2.24, 2.45) is 0 Å². The topological polar surface area (TPSA) is 59.1 Å². The van der Waals surface area contributed by atoms with Gasteiger partial charge >= 0.3 is 0 Å². The molecular weight excluding hydrogens is 276 g/mol. The third-order valence-electron chi connectivity index (χ3n) is 3.14. The zero-order valence-corrected chi connectivity index (χ0v) is 13.6. The standard InChI is InChI=1S/C17H24N4O/c1-5-13(4)19-16-10-11-18-17(21-16)20-14-6-8-15(9-7-14)22-12(2)3/h6-13H,5H2,1-4H3,(H2,18,19,20,21). The third-order valence-corrected chi connectivity index (χ3v) is 3.14. The summed E-state index contributed by atoms with van der Waals surface area (Å²) in [6.45, 7) is 8.28. The van der Waals surface area contributed by atoms with Gasteiger partial charge < -0.3 is 15.4 Å². The van der Waals surface area contributed by atoms with Crippen LogP contribution < -0.4 is 15.4 Å². The summed E-state index contributed by atoms with van der Waals surface area (Å²) in [5, 5.41) is 6.54. The van der Waals surface area contributed by atoms with Crippen molar-refractivity contribution in [1.29, 1.82) is 0 Å². The Morgan fingerprint density at radius 1 is 1.09 bits per heavy atom. The Bertz CT molecular complexity index is 583. The molecule has 0 saturated carbocycles. The molecule has 0 fully saturated rings. The van der Waals surface area contributed by atoms with E-state index in [1.54, 1.807) is 6.20 Å². The first-order chi connectivity index (χ1) is 10.6. The van der Waals surface area contributed by atoms with E-state index < -0.39 is 0 Å². The fraction of sp³-hybridized carbons (Fsp3) is 0.412. The molecule has 0 aliphatic carbocycles. The lowest BCUT2D eigenvalue weighted by atomic mass is 10.2. The van der Waals surface area contributed by atoms with Crippen LogP contribution in [0.25, 0.3) is 0 Å². The summed E-state index contributed by atoms with van der Waals surface area (Å²) in [7, 11) is 0. The molecule has 5 heteroatoms. The molecular formula is C17H24N4O. The summed E-state index contributed by atoms with van der Waals surface area (Å²) in [6.07, 6.45) is 2.96. The summed E-state index contributed by atoms with van der Waals surface area (Å²) >= 11 is 0. The maximum absolute atomic E-state index is 5.63. The zero-order valence-electron chi connectivity index (χ0n) is 13.6. The minimum atomic E-state index is 0.172. The van der Waals surface area contributed by atoms with Gasteiger partial charge in [0.2, 0.25) is 5.95 Å². The fourth-order valence-corrected chi connectivity index (χ4v) is 1.87. The van der Waals surface area contributed by atoms with Crippen molar-refractivity contribution >= 4 is 17.5 Å². The molecule has 0 aliphatic heterocycles. The summed E-state index contributed by atoms with van der Waals surface area (Å²) < 4.78 is 5.63. The summed E-state index contributed by atoms with van der Waals surface area (Å²) in [4.78, 5) is 8.71. The third kappa shape index (κ3) is 4.91. The van der Waals surface area contributed by atoms with Crippen LogP contribution in [0.15, 0.2) is 36.5 Å². The Morgan fingerprint density at radius 3 is 2.45 bits per heavy atom. The Morgan fingerprint density at radius 2 is 1.82 bits per heavy atom. The van der Waals surface area contributed by atoms with Crippen molar-refractivity contribution in [3.8, 4) is 5.75 Å². The molecule has 1 atom stereocenters. The molecule has 1 aromatic carbocycles. The molecule has 0 aliphatic rings. The van der Waals surface area contributed by atoms with Crippen molar-refractivity contribution < 1.29 is 4.74 Å². The second kappa shape index (κ2) is 7.64. The number of ether oxygens (including phenoxy) is 1. The van der Waals surface area contributed by atoms with Gasteiger partial charge in [0.25, 0.3) is 0 Å². The lowest BCUT2D eigenvalue weighted by molar-refractivity contribution is 0.242. The lowest BCUT2D eigenvalue weighted by Gasteiger charge is -2.13. The van der Waals surface area contributed by atoms with E-state index in [-0.39, 0.29) is 6.10 Å². The van der Waals surface area contributed by atoms with Crippen molar-refractivity contribution in [3.05, 3.63) is 36.5 Å². The molecule has 1 heterocycles. The molecule has 0 bridgehead atoms. The predicted octanol–water partition coefficient (Wildman–Crippen LogP) is 4.22. The fourth-order valence-electron chi connectivity index (χ4n) is 1.87. The number of rotatable bonds is 7. The van der Waals surface area contributed by atoms with Gasteiger partial charge in [0.05, 0.1) is 6.10 Å². The number of anilines is 3. The molecule has 2 aromatic rings. The van der Waals surface area contributed by atoms with Crippen molar-refractivity contribution in [2.75, 3.05) is 10.6 Å². The number of nitrogens with zero attached hydrogens (tertiary/aromatic N) is 2. The monoisotopic (exact) mass is 300 g/mol. The molecule has 0 saturated heterocycles. The van der Waals surface area contributed by atoms with Gasteiger partial charge in [-0.1, -0.05) is 6.92 Å². The summed E-state index contributed by atoms with van der Waals surface area (Å²) in [5.41, 5.74) is 0.928. The van der Waals surface area contributed by atoms with Gasteiger partial charge in [0.1, 0.15) is 11.6 Å². The van der Waals surface area contributed by atoms with Gasteiger partial charge in [0, 0.05) is 17.9 Å². The first-order valence-corrected chi connectivity index (χ1v) is 7.70. The van der Waals surface area contributed by atoms with Crippen LogP contribution >= 0.6 is 0 Å². The van der Waals surface area contributed by atoms with E-state index in [9.17, 15) is 0 Å². The highest BCUT2D eigenvalue weighted by atomic mass is 16.5. The van der Waals surface area contributed by atoms with E-state index in [0.717, 1.165) is 23.7 Å². The van der Waals surface area contributed by atoms with E-state index in [1.165, 1.54) is 0 Å². The normalized spacial score (nSPS) is 12.0. The molecule has 22 heavy (non-hydrogen) atoms. The summed E-state index contributed by atoms with van der Waals surface area (Å²) in [6, 6.07) is 10.0. The lowest BCUT2D eigenvalue weighted by Crippen LogP contribution is -2.14. The highest BCUT2D eigenvalue weighted by Gasteiger charge is 2.03. The number of aromatic nitrogens is 2. The van der Waals surface area contributed by atoms with Gasteiger partial charge in [-0.15, -0.1) is 0 Å². The minimum absolute atomic E-state index is 0.172. The maximum atomic E-state index is 5.63. The van der Waals surface area contributed by atoms with Gasteiger partial charge in [-0.25, -0.2) is 4.98 Å². The van der Waals surface area contributed by atoms with Gasteiger partial charge in [-0.05, 0) is 57.5 Å². The molecule has 1 unspecified atom stereocenters. The van der Waals surface area contributed by atoms with Crippen molar-refractivity contribution in [2.45, 2.75) is 46.3 Å². The van der Waals surface area contributed by atoms with Crippen LogP contribution in [0.1, 0.15) is 34.1 Å². The predicted molar refractivity (Wildman–Crippen MR) is 90.9 cm³/mol. The first kappa shape index (κ1) is 16.1. The van der Waals surface area contributed by atoms with Crippen LogP contribution in [0, 0.1) is 0 Å². The van der Waals surface area contributed by atoms with E-state index in [2.05, 4.69) is 34.4 Å². The molecule has 0 spiro atoms. The minimum Gasteiger partial charge on any atom is -0.491 e. The average Bonchev–Trinajstić information content (AvgIpc) is 2.49. The van der Waals surface area contributed by atoms with E-state index >= 15 is 0 Å². The van der Waals surface area contributed by atoms with Crippen molar-refractivity contribution in [1.82, 2.24) is 9.97 Å². The quantitative estimate of drug-likeness (QED) is 0.802. The highest BCUT2D eigenvalue weighted by Crippen LogP contribution is 2.19. The molecule has 2 rings (SSSR count). The Balaban J connectivity index is 2.02. The second-order valence-electron chi connectivity index (χ2n) is 5.54. The molecule has 118 valence electrons. The zero-order chi connectivity index (χ0) is 15.9. The Labute approximate surface area is 132 Å². The number of hydrogen-bond donors (Lipinski definition) is 2. The maximum Gasteiger partial charge on any atom is 0.229 e. The van der Waals surface area contributed by atoms with Crippen LogP contribution in [-0.4, -0.2) is 22.1 Å². The van der Waals surface area contributed by atoms with Crippen LogP contribution in [-0.2, 0) is 0 Å². The van der Waals surface area contributed by atoms with Gasteiger partial charge in [0.15, 0.2) is 0 Å². The summed E-state index contributed by atoms with van der Waals surface area (Å²) in [5.74, 6) is 2.26.